The summed E-state index contributed by atoms with van der Waals surface area (Å²) in [5.41, 5.74) is 6.79. The van der Waals surface area contributed by atoms with Crippen molar-refractivity contribution in [2.75, 3.05) is 26.2 Å². The summed E-state index contributed by atoms with van der Waals surface area (Å²) >= 11 is 0. The van der Waals surface area contributed by atoms with E-state index in [2.05, 4.69) is 0 Å². The molecule has 0 aliphatic carbocycles. The second-order valence-corrected chi connectivity index (χ2v) is 9.88. The lowest BCUT2D eigenvalue weighted by molar-refractivity contribution is 0.0697. The summed E-state index contributed by atoms with van der Waals surface area (Å²) in [5, 5.41) is 0. The van der Waals surface area contributed by atoms with Crippen LogP contribution >= 0.6 is 0 Å². The van der Waals surface area contributed by atoms with Crippen molar-refractivity contribution in [1.82, 2.24) is 9.21 Å². The van der Waals surface area contributed by atoms with Crippen LogP contribution in [0.5, 0.6) is 5.75 Å². The molecule has 0 spiro atoms. The first-order chi connectivity index (χ1) is 16.8. The number of sulfonamides is 1. The number of ether oxygens (including phenoxy) is 1. The predicted octanol–water partition coefficient (Wildman–Crippen LogP) is 2.65. The highest BCUT2D eigenvalue weighted by atomic mass is 32.2. The van der Waals surface area contributed by atoms with Crippen molar-refractivity contribution >= 4 is 21.8 Å². The van der Waals surface area contributed by atoms with Crippen LogP contribution in [-0.4, -0.2) is 55.6 Å². The molecule has 1 saturated heterocycles. The van der Waals surface area contributed by atoms with Crippen molar-refractivity contribution in [1.29, 1.82) is 0 Å². The van der Waals surface area contributed by atoms with Gasteiger partial charge in [0.1, 0.15) is 23.1 Å². The number of benzene rings is 3. The van der Waals surface area contributed by atoms with Crippen molar-refractivity contribution in [2.45, 2.75) is 11.5 Å². The number of nitrogens with zero attached hydrogens (tertiary/aromatic N) is 2. The molecule has 1 aliphatic heterocycles. The van der Waals surface area contributed by atoms with E-state index in [1.807, 2.05) is 0 Å². The van der Waals surface area contributed by atoms with Gasteiger partial charge in [0.2, 0.25) is 10.0 Å². The Morgan fingerprint density at radius 1 is 0.914 bits per heavy atom. The number of hydrogen-bond donors (Lipinski definition) is 1. The van der Waals surface area contributed by atoms with Gasteiger partial charge in [-0.15, -0.1) is 0 Å². The summed E-state index contributed by atoms with van der Waals surface area (Å²) in [6.45, 7) is 0.614. The van der Waals surface area contributed by atoms with Crippen molar-refractivity contribution in [2.24, 2.45) is 5.73 Å². The number of halogens is 1. The van der Waals surface area contributed by atoms with Crippen LogP contribution in [0.15, 0.2) is 77.7 Å². The van der Waals surface area contributed by atoms with Gasteiger partial charge in [-0.05, 0) is 42.0 Å². The first kappa shape index (κ1) is 24.4. The van der Waals surface area contributed by atoms with E-state index >= 15 is 0 Å². The van der Waals surface area contributed by atoms with Crippen LogP contribution in [-0.2, 0) is 16.6 Å². The Kier molecular flexibility index (Phi) is 7.13. The maximum Gasteiger partial charge on any atom is 0.253 e. The van der Waals surface area contributed by atoms with E-state index in [4.69, 9.17) is 10.5 Å². The van der Waals surface area contributed by atoms with Gasteiger partial charge in [0.25, 0.3) is 11.8 Å². The van der Waals surface area contributed by atoms with Gasteiger partial charge in [-0.1, -0.05) is 36.4 Å². The number of carbonyl (C=O) groups is 2. The molecule has 0 saturated carbocycles. The zero-order valence-corrected chi connectivity index (χ0v) is 19.6. The fourth-order valence-electron chi connectivity index (χ4n) is 3.86. The number of carbonyl (C=O) groups excluding carboxylic acids is 2. The molecule has 2 amide bonds. The number of primary amides is 1. The Balaban J connectivity index is 1.40. The lowest BCUT2D eigenvalue weighted by Crippen LogP contribution is -2.50. The van der Waals surface area contributed by atoms with Gasteiger partial charge in [0, 0.05) is 31.7 Å². The van der Waals surface area contributed by atoms with E-state index in [9.17, 15) is 22.4 Å². The topological polar surface area (TPSA) is 110 Å². The maximum absolute atomic E-state index is 14.0. The molecule has 1 heterocycles. The minimum atomic E-state index is -3.99. The van der Waals surface area contributed by atoms with Crippen molar-refractivity contribution < 1.29 is 27.1 Å². The third kappa shape index (κ3) is 5.33. The highest BCUT2D eigenvalue weighted by Gasteiger charge is 2.32. The van der Waals surface area contributed by atoms with Crippen molar-refractivity contribution in [3.63, 3.8) is 0 Å². The Bertz CT molecular complexity index is 1350. The smallest absolute Gasteiger partial charge is 0.253 e. The summed E-state index contributed by atoms with van der Waals surface area (Å²) in [6, 6.07) is 18.8. The van der Waals surface area contributed by atoms with Gasteiger partial charge in [0.15, 0.2) is 0 Å². The molecule has 35 heavy (non-hydrogen) atoms. The van der Waals surface area contributed by atoms with Gasteiger partial charge >= 0.3 is 0 Å². The van der Waals surface area contributed by atoms with Crippen molar-refractivity contribution in [3.05, 3.63) is 95.3 Å². The van der Waals surface area contributed by atoms with E-state index in [1.165, 1.54) is 22.5 Å². The second kappa shape index (κ2) is 10.2. The Labute approximate surface area is 202 Å². The molecule has 3 aromatic carbocycles. The van der Waals surface area contributed by atoms with E-state index in [1.54, 1.807) is 53.4 Å². The van der Waals surface area contributed by atoms with Crippen LogP contribution in [0.2, 0.25) is 0 Å². The van der Waals surface area contributed by atoms with Crippen LogP contribution in [0.4, 0.5) is 4.39 Å². The average molecular weight is 498 g/mol. The third-order valence-electron chi connectivity index (χ3n) is 5.70. The van der Waals surface area contributed by atoms with Crippen LogP contribution in [0.1, 0.15) is 26.3 Å². The normalized spacial score (nSPS) is 14.5. The minimum Gasteiger partial charge on any atom is -0.488 e. The van der Waals surface area contributed by atoms with Gasteiger partial charge in [-0.2, -0.15) is 4.31 Å². The molecule has 10 heteroatoms. The molecule has 3 aromatic rings. The molecular weight excluding hydrogens is 473 g/mol. The molecule has 0 atom stereocenters. The van der Waals surface area contributed by atoms with Crippen LogP contribution in [0, 0.1) is 5.82 Å². The Morgan fingerprint density at radius 3 is 2.31 bits per heavy atom. The quantitative estimate of drug-likeness (QED) is 0.540. The molecule has 0 bridgehead atoms. The SMILES string of the molecule is NC(=O)c1ccccc1OCc1cccc(C(=O)N2CCN(S(=O)(=O)c3ccccc3F)CC2)c1. The van der Waals surface area contributed by atoms with Gasteiger partial charge in [-0.25, -0.2) is 12.8 Å². The van der Waals surface area contributed by atoms with E-state index in [0.29, 0.717) is 11.3 Å². The highest BCUT2D eigenvalue weighted by molar-refractivity contribution is 7.89. The van der Waals surface area contributed by atoms with Crippen LogP contribution in [0.25, 0.3) is 0 Å². The fraction of sp³-hybridized carbons (Fsp3) is 0.200. The number of rotatable bonds is 7. The molecule has 0 unspecified atom stereocenters. The van der Waals surface area contributed by atoms with Gasteiger partial charge in [-0.3, -0.25) is 9.59 Å². The Hall–Kier alpha value is -3.76. The van der Waals surface area contributed by atoms with E-state index in [0.717, 1.165) is 11.6 Å². The lowest BCUT2D eigenvalue weighted by atomic mass is 10.1. The predicted molar refractivity (Wildman–Crippen MR) is 127 cm³/mol. The molecule has 4 rings (SSSR count). The van der Waals surface area contributed by atoms with Gasteiger partial charge < -0.3 is 15.4 Å². The largest absolute Gasteiger partial charge is 0.488 e. The van der Waals surface area contributed by atoms with Crippen LogP contribution < -0.4 is 10.5 Å². The zero-order valence-electron chi connectivity index (χ0n) is 18.8. The first-order valence-electron chi connectivity index (χ1n) is 10.9. The summed E-state index contributed by atoms with van der Waals surface area (Å²) in [4.78, 5) is 25.8. The minimum absolute atomic E-state index is 0.0646. The average Bonchev–Trinajstić information content (AvgIpc) is 2.87. The highest BCUT2D eigenvalue weighted by Crippen LogP contribution is 2.22. The van der Waals surface area contributed by atoms with Gasteiger partial charge in [0.05, 0.1) is 5.56 Å². The fourth-order valence-corrected chi connectivity index (χ4v) is 5.35. The molecule has 1 fully saturated rings. The summed E-state index contributed by atoms with van der Waals surface area (Å²) in [6.07, 6.45) is 0. The molecule has 1 aliphatic rings. The number of nitrogens with two attached hydrogens (primary N) is 1. The number of hydrogen-bond acceptors (Lipinski definition) is 5. The number of amides is 2. The summed E-state index contributed by atoms with van der Waals surface area (Å²) in [7, 11) is -3.99. The standard InChI is InChI=1S/C25H24FN3O5S/c26-21-9-2-4-11-23(21)35(32,33)29-14-12-28(13-15-29)25(31)19-7-5-6-18(16-19)17-34-22-10-3-1-8-20(22)24(27)30/h1-11,16H,12-15,17H2,(H2,27,30). The van der Waals surface area contributed by atoms with E-state index in [-0.39, 0.29) is 49.2 Å². The Morgan fingerprint density at radius 2 is 1.60 bits per heavy atom. The first-order valence-corrected chi connectivity index (χ1v) is 12.4. The third-order valence-corrected chi connectivity index (χ3v) is 7.63. The molecule has 2 N–H and O–H groups in total. The number of piperazine rings is 1. The monoisotopic (exact) mass is 497 g/mol. The van der Waals surface area contributed by atoms with E-state index < -0.39 is 21.7 Å². The lowest BCUT2D eigenvalue weighted by Gasteiger charge is -2.34. The summed E-state index contributed by atoms with van der Waals surface area (Å²) in [5.74, 6) is -1.29. The number of para-hydroxylation sites is 1. The molecule has 0 aromatic heterocycles. The van der Waals surface area contributed by atoms with Crippen molar-refractivity contribution in [3.8, 4) is 5.75 Å². The molecule has 8 nitrogen and oxygen atoms in total. The zero-order chi connectivity index (χ0) is 25.0. The molecule has 182 valence electrons. The maximum atomic E-state index is 14.0. The molecular formula is C25H24FN3O5S. The van der Waals surface area contributed by atoms with Crippen LogP contribution in [0.3, 0.4) is 0 Å². The molecule has 0 radical (unpaired) electrons. The second-order valence-electron chi connectivity index (χ2n) is 7.98. The summed E-state index contributed by atoms with van der Waals surface area (Å²) < 4.78 is 46.5.